The van der Waals surface area contributed by atoms with Crippen molar-refractivity contribution in [3.05, 3.63) is 43.1 Å². The smallest absolute Gasteiger partial charge is 0.261 e. The number of carbonyl (C=O) groups excluding carboxylic acids is 1. The first-order chi connectivity index (χ1) is 11.1. The molecule has 0 atom stereocenters. The van der Waals surface area contributed by atoms with Gasteiger partial charge in [-0.3, -0.25) is 4.79 Å². The second kappa shape index (κ2) is 7.77. The van der Waals surface area contributed by atoms with Crippen molar-refractivity contribution in [3.63, 3.8) is 0 Å². The van der Waals surface area contributed by atoms with Crippen LogP contribution in [0.25, 0.3) is 0 Å². The summed E-state index contributed by atoms with van der Waals surface area (Å²) in [6, 6.07) is 5.91. The molecule has 1 fully saturated rings. The van der Waals surface area contributed by atoms with E-state index in [4.69, 9.17) is 0 Å². The molecule has 0 radical (unpaired) electrons. The van der Waals surface area contributed by atoms with Gasteiger partial charge in [0.2, 0.25) is 0 Å². The summed E-state index contributed by atoms with van der Waals surface area (Å²) in [5, 5.41) is 2.93. The normalized spacial score (nSPS) is 14.8. The molecule has 0 unspecified atom stereocenters. The molecule has 0 spiro atoms. The molecule has 0 bridgehead atoms. The molecule has 0 aliphatic carbocycles. The van der Waals surface area contributed by atoms with E-state index in [-0.39, 0.29) is 5.91 Å². The Morgan fingerprint density at radius 2 is 2.04 bits per heavy atom. The molecule has 7 heteroatoms. The van der Waals surface area contributed by atoms with E-state index in [0.717, 1.165) is 32.7 Å². The number of rotatable bonds is 4. The van der Waals surface area contributed by atoms with Crippen molar-refractivity contribution >= 4 is 54.9 Å². The molecule has 1 saturated heterocycles. The molecule has 1 N–H and O–H groups in total. The number of nitrogens with one attached hydrogen (secondary N) is 1. The van der Waals surface area contributed by atoms with Crippen LogP contribution in [0.5, 0.6) is 0 Å². The lowest BCUT2D eigenvalue weighted by atomic mass is 10.1. The Bertz CT molecular complexity index is 662. The van der Waals surface area contributed by atoms with Gasteiger partial charge in [-0.2, -0.15) is 0 Å². The molecule has 3 rings (SSSR count). The highest BCUT2D eigenvalue weighted by Gasteiger charge is 2.13. The first kappa shape index (κ1) is 16.9. The Kier molecular flexibility index (Phi) is 5.71. The van der Waals surface area contributed by atoms with Crippen molar-refractivity contribution in [3.8, 4) is 0 Å². The summed E-state index contributed by atoms with van der Waals surface area (Å²) in [5.41, 5.74) is 1.01. The fraction of sp³-hybridized carbons (Fsp3) is 0.375. The van der Waals surface area contributed by atoms with Crippen molar-refractivity contribution in [2.75, 3.05) is 18.0 Å². The maximum absolute atomic E-state index is 12.1. The third kappa shape index (κ3) is 4.33. The molecule has 1 aliphatic heterocycles. The second-order valence-corrected chi connectivity index (χ2v) is 8.71. The summed E-state index contributed by atoms with van der Waals surface area (Å²) in [5.74, 6) is 0.965. The minimum Gasteiger partial charge on any atom is -0.357 e. The molecule has 3 heterocycles. The molecule has 1 amide bonds. The van der Waals surface area contributed by atoms with Gasteiger partial charge in [0, 0.05) is 30.3 Å². The van der Waals surface area contributed by atoms with Crippen molar-refractivity contribution in [2.24, 2.45) is 0 Å². The van der Waals surface area contributed by atoms with Crippen LogP contribution in [0, 0.1) is 0 Å². The number of pyridine rings is 1. The Morgan fingerprint density at radius 1 is 1.26 bits per heavy atom. The minimum absolute atomic E-state index is 0.0680. The maximum atomic E-state index is 12.1. The zero-order valence-corrected chi connectivity index (χ0v) is 16.5. The maximum Gasteiger partial charge on any atom is 0.261 e. The van der Waals surface area contributed by atoms with E-state index in [1.165, 1.54) is 30.6 Å². The zero-order chi connectivity index (χ0) is 16.2. The van der Waals surface area contributed by atoms with Gasteiger partial charge in [-0.25, -0.2) is 4.98 Å². The van der Waals surface area contributed by atoms with Crippen LogP contribution in [0.3, 0.4) is 0 Å². The summed E-state index contributed by atoms with van der Waals surface area (Å²) in [6.07, 6.45) is 5.65. The van der Waals surface area contributed by atoms with Gasteiger partial charge in [0.05, 0.1) is 8.66 Å². The predicted octanol–water partition coefficient (Wildman–Crippen LogP) is 4.59. The lowest BCUT2D eigenvalue weighted by Gasteiger charge is -2.27. The Morgan fingerprint density at radius 3 is 2.65 bits per heavy atom. The summed E-state index contributed by atoms with van der Waals surface area (Å²) in [6.45, 7) is 2.66. The van der Waals surface area contributed by atoms with Crippen LogP contribution >= 0.6 is 43.2 Å². The second-order valence-electron chi connectivity index (χ2n) is 5.49. The number of nitrogens with zero attached hydrogens (tertiary/aromatic N) is 2. The Hall–Kier alpha value is -0.920. The van der Waals surface area contributed by atoms with Crippen LogP contribution in [-0.2, 0) is 6.54 Å². The highest BCUT2D eigenvalue weighted by atomic mass is 79.9. The van der Waals surface area contributed by atoms with Gasteiger partial charge in [0.15, 0.2) is 0 Å². The van der Waals surface area contributed by atoms with Gasteiger partial charge < -0.3 is 10.2 Å². The molecule has 2 aromatic rings. The van der Waals surface area contributed by atoms with Crippen molar-refractivity contribution in [1.82, 2.24) is 10.3 Å². The van der Waals surface area contributed by atoms with Gasteiger partial charge in [-0.1, -0.05) is 6.07 Å². The summed E-state index contributed by atoms with van der Waals surface area (Å²) in [7, 11) is 0. The summed E-state index contributed by atoms with van der Waals surface area (Å²) >= 11 is 8.21. The molecule has 23 heavy (non-hydrogen) atoms. The zero-order valence-electron chi connectivity index (χ0n) is 12.5. The molecule has 4 nitrogen and oxygen atoms in total. The molecular formula is C16H17Br2N3OS. The van der Waals surface area contributed by atoms with Gasteiger partial charge in [-0.15, -0.1) is 11.3 Å². The third-order valence-electron chi connectivity index (χ3n) is 3.81. The fourth-order valence-electron chi connectivity index (χ4n) is 2.56. The third-order valence-corrected chi connectivity index (χ3v) is 7.07. The number of amides is 1. The van der Waals surface area contributed by atoms with Gasteiger partial charge >= 0.3 is 0 Å². The number of anilines is 1. The quantitative estimate of drug-likeness (QED) is 0.728. The van der Waals surface area contributed by atoms with Gasteiger partial charge in [0.25, 0.3) is 5.91 Å². The van der Waals surface area contributed by atoms with Crippen LogP contribution < -0.4 is 10.2 Å². The lowest BCUT2D eigenvalue weighted by Crippen LogP contribution is -2.30. The number of thiophene rings is 1. The van der Waals surface area contributed by atoms with Crippen molar-refractivity contribution in [1.29, 1.82) is 0 Å². The fourth-order valence-corrected chi connectivity index (χ4v) is 4.51. The highest BCUT2D eigenvalue weighted by Crippen LogP contribution is 2.32. The van der Waals surface area contributed by atoms with Crippen LogP contribution in [-0.4, -0.2) is 24.0 Å². The van der Waals surface area contributed by atoms with Crippen LogP contribution in [0.4, 0.5) is 5.82 Å². The van der Waals surface area contributed by atoms with Crippen molar-refractivity contribution < 1.29 is 4.79 Å². The van der Waals surface area contributed by atoms with E-state index in [0.29, 0.717) is 11.4 Å². The van der Waals surface area contributed by atoms with E-state index in [2.05, 4.69) is 47.1 Å². The topological polar surface area (TPSA) is 45.2 Å². The number of halogens is 2. The first-order valence-electron chi connectivity index (χ1n) is 7.56. The molecule has 0 saturated carbocycles. The summed E-state index contributed by atoms with van der Waals surface area (Å²) in [4.78, 5) is 19.7. The van der Waals surface area contributed by atoms with E-state index in [9.17, 15) is 4.79 Å². The van der Waals surface area contributed by atoms with Gasteiger partial charge in [-0.05, 0) is 68.8 Å². The van der Waals surface area contributed by atoms with E-state index < -0.39 is 0 Å². The number of hydrogen-bond donors (Lipinski definition) is 1. The SMILES string of the molecule is O=C(NCc1ccc(N2CCCCC2)nc1)c1cc(Br)c(Br)s1. The number of carbonyl (C=O) groups is 1. The van der Waals surface area contributed by atoms with Crippen LogP contribution in [0.2, 0.25) is 0 Å². The molecule has 2 aromatic heterocycles. The largest absolute Gasteiger partial charge is 0.357 e. The Balaban J connectivity index is 1.56. The number of hydrogen-bond acceptors (Lipinski definition) is 4. The molecular weight excluding hydrogens is 442 g/mol. The van der Waals surface area contributed by atoms with E-state index in [1.54, 1.807) is 0 Å². The minimum atomic E-state index is -0.0680. The van der Waals surface area contributed by atoms with E-state index in [1.807, 2.05) is 24.4 Å². The summed E-state index contributed by atoms with van der Waals surface area (Å²) < 4.78 is 1.83. The Labute approximate surface area is 156 Å². The molecule has 122 valence electrons. The van der Waals surface area contributed by atoms with Crippen molar-refractivity contribution in [2.45, 2.75) is 25.8 Å². The van der Waals surface area contributed by atoms with E-state index >= 15 is 0 Å². The highest BCUT2D eigenvalue weighted by molar-refractivity contribution is 9.13. The standard InChI is InChI=1S/C16H17Br2N3OS/c17-12-8-13(23-15(12)18)16(22)20-10-11-4-5-14(19-9-11)21-6-2-1-3-7-21/h4-5,8-9H,1-3,6-7,10H2,(H,20,22). The van der Waals surface area contributed by atoms with Gasteiger partial charge in [0.1, 0.15) is 5.82 Å². The monoisotopic (exact) mass is 457 g/mol. The molecule has 1 aliphatic rings. The lowest BCUT2D eigenvalue weighted by molar-refractivity contribution is 0.0955. The predicted molar refractivity (Wildman–Crippen MR) is 101 cm³/mol. The van der Waals surface area contributed by atoms with Crippen LogP contribution in [0.15, 0.2) is 32.7 Å². The molecule has 0 aromatic carbocycles. The average Bonchev–Trinajstić information content (AvgIpc) is 2.93. The number of aromatic nitrogens is 1. The first-order valence-corrected chi connectivity index (χ1v) is 9.96. The van der Waals surface area contributed by atoms with Crippen LogP contribution in [0.1, 0.15) is 34.5 Å². The average molecular weight is 459 g/mol. The number of piperidine rings is 1.